The van der Waals surface area contributed by atoms with E-state index in [-0.39, 0.29) is 18.9 Å². The zero-order valence-corrected chi connectivity index (χ0v) is 18.2. The normalized spacial score (nSPS) is 12.7. The zero-order chi connectivity index (χ0) is 18.8. The number of hydrogen-bond donors (Lipinski definition) is 0. The van der Waals surface area contributed by atoms with Crippen LogP contribution < -0.4 is 18.9 Å². The van der Waals surface area contributed by atoms with E-state index in [0.29, 0.717) is 19.4 Å². The summed E-state index contributed by atoms with van der Waals surface area (Å²) in [6, 6.07) is 0. The third-order valence-electron chi connectivity index (χ3n) is 4.30. The van der Waals surface area contributed by atoms with Crippen molar-refractivity contribution in [3.05, 3.63) is 0 Å². The van der Waals surface area contributed by atoms with Gasteiger partial charge in [-0.1, -0.05) is 97.3 Å². The van der Waals surface area contributed by atoms with Crippen molar-refractivity contribution in [2.45, 2.75) is 116 Å². The molecule has 0 amide bonds. The minimum Gasteiger partial charge on any atom is -0.725 e. The molecule has 0 aliphatic rings. The van der Waals surface area contributed by atoms with Crippen LogP contribution in [-0.2, 0) is 19.3 Å². The van der Waals surface area contributed by atoms with Crippen LogP contribution in [0, 0.1) is 0 Å². The van der Waals surface area contributed by atoms with Crippen molar-refractivity contribution in [3.8, 4) is 0 Å². The molecule has 0 saturated heterocycles. The average molecular weight is 387 g/mol. The van der Waals surface area contributed by atoms with Crippen LogP contribution in [0.5, 0.6) is 0 Å². The first-order valence-corrected chi connectivity index (χ1v) is 11.6. The maximum Gasteiger partial charge on any atom is 1.00 e. The van der Waals surface area contributed by atoms with Gasteiger partial charge in [-0.2, -0.15) is 0 Å². The predicted octanol–water partition coefficient (Wildman–Crippen LogP) is 2.70. The van der Waals surface area contributed by atoms with Crippen LogP contribution in [0.4, 0.5) is 0 Å². The van der Waals surface area contributed by atoms with E-state index in [1.165, 1.54) is 70.6 Å². The summed E-state index contributed by atoms with van der Waals surface area (Å²) in [5.41, 5.74) is 0. The summed E-state index contributed by atoms with van der Waals surface area (Å²) >= 11 is 0. The third kappa shape index (κ3) is 22.5. The van der Waals surface area contributed by atoms with Gasteiger partial charge in [-0.05, 0) is 12.8 Å². The molecule has 0 radical (unpaired) electrons. The molecule has 0 N–H and O–H groups in total. The van der Waals surface area contributed by atoms with Gasteiger partial charge in [0.15, 0.2) is 6.29 Å². The van der Waals surface area contributed by atoms with Gasteiger partial charge >= 0.3 is 18.9 Å². The summed E-state index contributed by atoms with van der Waals surface area (Å²) in [4.78, 5) is 0. The monoisotopic (exact) mass is 386 g/mol. The maximum absolute atomic E-state index is 10.6. The largest absolute Gasteiger partial charge is 1.00 e. The average Bonchev–Trinajstić information content (AvgIpc) is 2.54. The van der Waals surface area contributed by atoms with Crippen molar-refractivity contribution in [2.24, 2.45) is 0 Å². The molecule has 0 aliphatic carbocycles. The fourth-order valence-corrected chi connectivity index (χ4v) is 3.28. The molecular weight excluding hydrogens is 347 g/mol. The van der Waals surface area contributed by atoms with Crippen molar-refractivity contribution in [2.75, 3.05) is 6.61 Å². The van der Waals surface area contributed by atoms with E-state index in [4.69, 9.17) is 4.74 Å². The Labute approximate surface area is 174 Å². The molecule has 0 saturated carbocycles. The molecule has 0 bridgehead atoms. The molecule has 0 spiro atoms. The quantitative estimate of drug-likeness (QED) is 0.112. The second kappa shape index (κ2) is 20.2. The molecule has 7 heteroatoms. The van der Waals surface area contributed by atoms with E-state index in [0.717, 1.165) is 12.8 Å². The zero-order valence-electron chi connectivity index (χ0n) is 17.3. The molecular formula is C19H39LiO5S. The standard InChI is InChI=1S/C19H40O5S.Li/c1-3-5-6-7-8-9-10-11-12-13-14-15-16-18-23-19(17-4-2)24-25(20,21)22;/h19H,3-18H2,1-2H3,(H,20,21,22);/q;+1/p-1. The fraction of sp³-hybridized carbons (Fsp3) is 1.00. The molecule has 0 rings (SSSR count). The van der Waals surface area contributed by atoms with Crippen LogP contribution in [0.3, 0.4) is 0 Å². The van der Waals surface area contributed by atoms with Gasteiger partial charge in [0.05, 0.1) is 0 Å². The second-order valence-electron chi connectivity index (χ2n) is 6.84. The summed E-state index contributed by atoms with van der Waals surface area (Å²) in [5.74, 6) is 0. The van der Waals surface area contributed by atoms with E-state index in [2.05, 4.69) is 11.1 Å². The van der Waals surface area contributed by atoms with Gasteiger partial charge in [0, 0.05) is 6.61 Å². The molecule has 5 nitrogen and oxygen atoms in total. The molecule has 0 aliphatic heterocycles. The van der Waals surface area contributed by atoms with Crippen LogP contribution in [0.25, 0.3) is 0 Å². The van der Waals surface area contributed by atoms with Crippen LogP contribution >= 0.6 is 0 Å². The Morgan fingerprint density at radius 1 is 0.731 bits per heavy atom. The Bertz CT molecular complexity index is 376. The van der Waals surface area contributed by atoms with Crippen molar-refractivity contribution in [1.82, 2.24) is 0 Å². The number of ether oxygens (including phenoxy) is 1. The van der Waals surface area contributed by atoms with Crippen molar-refractivity contribution in [1.29, 1.82) is 0 Å². The molecule has 152 valence electrons. The molecule has 1 unspecified atom stereocenters. The van der Waals surface area contributed by atoms with Crippen LogP contribution in [-0.4, -0.2) is 25.9 Å². The predicted molar refractivity (Wildman–Crippen MR) is 101 cm³/mol. The van der Waals surface area contributed by atoms with Crippen molar-refractivity contribution in [3.63, 3.8) is 0 Å². The van der Waals surface area contributed by atoms with E-state index in [9.17, 15) is 13.0 Å². The molecule has 0 fully saturated rings. The smallest absolute Gasteiger partial charge is 0.725 e. The Morgan fingerprint density at radius 3 is 1.54 bits per heavy atom. The molecule has 0 heterocycles. The Balaban J connectivity index is 0. The first-order chi connectivity index (χ1) is 12.0. The second-order valence-corrected chi connectivity index (χ2v) is 7.85. The van der Waals surface area contributed by atoms with Gasteiger partial charge in [0.25, 0.3) is 0 Å². The van der Waals surface area contributed by atoms with Gasteiger partial charge in [-0.15, -0.1) is 0 Å². The topological polar surface area (TPSA) is 75.7 Å². The summed E-state index contributed by atoms with van der Waals surface area (Å²) in [6.45, 7) is 4.58. The van der Waals surface area contributed by atoms with Crippen molar-refractivity contribution >= 4 is 10.4 Å². The van der Waals surface area contributed by atoms with Gasteiger partial charge in [-0.3, -0.25) is 0 Å². The van der Waals surface area contributed by atoms with Crippen LogP contribution in [0.2, 0.25) is 0 Å². The summed E-state index contributed by atoms with van der Waals surface area (Å²) < 4.78 is 41.6. The van der Waals surface area contributed by atoms with Crippen LogP contribution in [0.15, 0.2) is 0 Å². The van der Waals surface area contributed by atoms with Gasteiger partial charge in [-0.25, -0.2) is 12.6 Å². The SMILES string of the molecule is CCCCCCCCCCCCCCCOC(CCC)OS(=O)(=O)[O-].[Li+]. The first-order valence-electron chi connectivity index (χ1n) is 10.2. The number of rotatable bonds is 19. The van der Waals surface area contributed by atoms with Gasteiger partial charge in [0.1, 0.15) is 0 Å². The van der Waals surface area contributed by atoms with E-state index in [1.807, 2.05) is 6.92 Å². The Morgan fingerprint density at radius 2 is 1.15 bits per heavy atom. The third-order valence-corrected chi connectivity index (χ3v) is 4.75. The minimum atomic E-state index is -4.69. The van der Waals surface area contributed by atoms with E-state index >= 15 is 0 Å². The van der Waals surface area contributed by atoms with E-state index < -0.39 is 16.7 Å². The fourth-order valence-electron chi connectivity index (χ4n) is 2.86. The molecule has 0 aromatic rings. The number of unbranched alkanes of at least 4 members (excludes halogenated alkanes) is 12. The van der Waals surface area contributed by atoms with Crippen LogP contribution in [0.1, 0.15) is 110 Å². The summed E-state index contributed by atoms with van der Waals surface area (Å²) in [5, 5.41) is 0. The minimum absolute atomic E-state index is 0. The summed E-state index contributed by atoms with van der Waals surface area (Å²) in [7, 11) is -4.69. The number of hydrogen-bond acceptors (Lipinski definition) is 5. The molecule has 26 heavy (non-hydrogen) atoms. The molecule has 1 atom stereocenters. The van der Waals surface area contributed by atoms with E-state index in [1.54, 1.807) is 0 Å². The Hall–Kier alpha value is 0.427. The Kier molecular flexibility index (Phi) is 22.2. The first kappa shape index (κ1) is 28.6. The maximum atomic E-state index is 10.6. The molecule has 0 aromatic heterocycles. The summed E-state index contributed by atoms with van der Waals surface area (Å²) in [6.07, 6.45) is 16.8. The molecule has 0 aromatic carbocycles. The van der Waals surface area contributed by atoms with Crippen molar-refractivity contribution < 1.29 is 40.8 Å². The van der Waals surface area contributed by atoms with Gasteiger partial charge in [0.2, 0.25) is 10.4 Å². The van der Waals surface area contributed by atoms with Gasteiger partial charge < -0.3 is 9.29 Å².